The van der Waals surface area contributed by atoms with Gasteiger partial charge in [-0.3, -0.25) is 14.4 Å². The molecule has 0 aromatic heterocycles. The Balaban J connectivity index is 1.41. The monoisotopic (exact) mass is 370 g/mol. The van der Waals surface area contributed by atoms with Crippen LogP contribution in [0.15, 0.2) is 24.3 Å². The third-order valence-electron chi connectivity index (χ3n) is 6.67. The van der Waals surface area contributed by atoms with Crippen LogP contribution in [0.2, 0.25) is 0 Å². The van der Waals surface area contributed by atoms with Crippen molar-refractivity contribution in [3.8, 4) is 0 Å². The number of fused-ring (bicyclic) bond motifs is 1. The van der Waals surface area contributed by atoms with Gasteiger partial charge in [-0.2, -0.15) is 0 Å². The van der Waals surface area contributed by atoms with Crippen molar-refractivity contribution in [2.75, 3.05) is 19.6 Å². The van der Waals surface area contributed by atoms with Gasteiger partial charge in [-0.05, 0) is 31.2 Å². The summed E-state index contributed by atoms with van der Waals surface area (Å²) in [4.78, 5) is 40.7. The fourth-order valence-electron chi connectivity index (χ4n) is 5.07. The molecule has 1 aliphatic carbocycles. The Morgan fingerprint density at radius 1 is 1.22 bits per heavy atom. The van der Waals surface area contributed by atoms with E-state index in [9.17, 15) is 19.5 Å². The van der Waals surface area contributed by atoms with Crippen molar-refractivity contribution in [2.45, 2.75) is 39.2 Å². The molecule has 0 spiro atoms. The zero-order valence-electron chi connectivity index (χ0n) is 15.7. The second-order valence-electron chi connectivity index (χ2n) is 8.43. The van der Waals surface area contributed by atoms with Crippen molar-refractivity contribution >= 4 is 17.8 Å². The minimum atomic E-state index is -0.774. The standard InChI is InChI=1S/C21H26N2O4/c1-14-4-6-15(7-5-14)10-22-11-16(9-18(22)24)19(25)23-12-17-3-2-8-21(17,13-23)20(26)27/h4-7,16-17H,2-3,8-13H2,1H3,(H,26,27)/t16?,17-,21+/m0/s1. The van der Waals surface area contributed by atoms with E-state index in [1.165, 1.54) is 5.56 Å². The molecule has 0 bridgehead atoms. The van der Waals surface area contributed by atoms with Gasteiger partial charge >= 0.3 is 5.97 Å². The normalized spacial score (nSPS) is 30.0. The number of amides is 2. The number of hydrogen-bond acceptors (Lipinski definition) is 3. The first-order chi connectivity index (χ1) is 12.9. The molecule has 3 fully saturated rings. The first kappa shape index (κ1) is 18.0. The van der Waals surface area contributed by atoms with Gasteiger partial charge in [0.2, 0.25) is 11.8 Å². The fraction of sp³-hybridized carbons (Fsp3) is 0.571. The molecular formula is C21H26N2O4. The number of aryl methyl sites for hydroxylation is 1. The summed E-state index contributed by atoms with van der Waals surface area (Å²) in [7, 11) is 0. The maximum atomic E-state index is 13.0. The highest BCUT2D eigenvalue weighted by Crippen LogP contribution is 2.49. The molecule has 6 heteroatoms. The van der Waals surface area contributed by atoms with Gasteiger partial charge in [0.25, 0.3) is 0 Å². The molecule has 1 N–H and O–H groups in total. The number of nitrogens with zero attached hydrogens (tertiary/aromatic N) is 2. The molecule has 0 radical (unpaired) electrons. The number of carboxylic acids is 1. The van der Waals surface area contributed by atoms with Crippen LogP contribution in [0.1, 0.15) is 36.8 Å². The van der Waals surface area contributed by atoms with Crippen LogP contribution in [0.3, 0.4) is 0 Å². The lowest BCUT2D eigenvalue weighted by molar-refractivity contribution is -0.149. The number of carbonyl (C=O) groups excluding carboxylic acids is 2. The molecule has 2 amide bonds. The van der Waals surface area contributed by atoms with Gasteiger partial charge in [0, 0.05) is 32.6 Å². The first-order valence-electron chi connectivity index (χ1n) is 9.74. The van der Waals surface area contributed by atoms with Gasteiger partial charge in [0.15, 0.2) is 0 Å². The molecule has 1 unspecified atom stereocenters. The maximum Gasteiger partial charge on any atom is 0.311 e. The van der Waals surface area contributed by atoms with Crippen LogP contribution in [-0.4, -0.2) is 52.3 Å². The van der Waals surface area contributed by atoms with Gasteiger partial charge in [0.05, 0.1) is 11.3 Å². The van der Waals surface area contributed by atoms with E-state index in [0.29, 0.717) is 32.6 Å². The zero-order chi connectivity index (χ0) is 19.2. The molecule has 2 saturated heterocycles. The van der Waals surface area contributed by atoms with E-state index in [2.05, 4.69) is 0 Å². The molecule has 1 aromatic carbocycles. The molecular weight excluding hydrogens is 344 g/mol. The summed E-state index contributed by atoms with van der Waals surface area (Å²) in [6.07, 6.45) is 2.68. The third kappa shape index (κ3) is 3.11. The topological polar surface area (TPSA) is 77.9 Å². The number of rotatable bonds is 4. The Kier molecular flexibility index (Phi) is 4.44. The summed E-state index contributed by atoms with van der Waals surface area (Å²) in [5, 5.41) is 9.71. The largest absolute Gasteiger partial charge is 0.481 e. The second kappa shape index (κ2) is 6.66. The number of carbonyl (C=O) groups is 3. The molecule has 144 valence electrons. The first-order valence-corrected chi connectivity index (χ1v) is 9.74. The number of hydrogen-bond donors (Lipinski definition) is 1. The van der Waals surface area contributed by atoms with Crippen molar-refractivity contribution in [3.05, 3.63) is 35.4 Å². The lowest BCUT2D eigenvalue weighted by Crippen LogP contribution is -2.40. The van der Waals surface area contributed by atoms with Crippen LogP contribution in [0.25, 0.3) is 0 Å². The van der Waals surface area contributed by atoms with Gasteiger partial charge in [0.1, 0.15) is 0 Å². The summed E-state index contributed by atoms with van der Waals surface area (Å²) in [6, 6.07) is 8.06. The lowest BCUT2D eigenvalue weighted by atomic mass is 9.81. The molecule has 1 aromatic rings. The van der Waals surface area contributed by atoms with Gasteiger partial charge in [-0.15, -0.1) is 0 Å². The lowest BCUT2D eigenvalue weighted by Gasteiger charge is -2.24. The average molecular weight is 370 g/mol. The van der Waals surface area contributed by atoms with Crippen molar-refractivity contribution in [2.24, 2.45) is 17.3 Å². The smallest absolute Gasteiger partial charge is 0.311 e. The summed E-state index contributed by atoms with van der Waals surface area (Å²) in [5.74, 6) is -1.12. The molecule has 3 aliphatic rings. The molecule has 4 rings (SSSR count). The number of benzene rings is 1. The Morgan fingerprint density at radius 3 is 2.63 bits per heavy atom. The van der Waals surface area contributed by atoms with Crippen LogP contribution >= 0.6 is 0 Å². The third-order valence-corrected chi connectivity index (χ3v) is 6.67. The predicted octanol–water partition coefficient (Wildman–Crippen LogP) is 2.06. The Labute approximate surface area is 159 Å². The second-order valence-corrected chi connectivity index (χ2v) is 8.43. The minimum absolute atomic E-state index is 0.00117. The van der Waals surface area contributed by atoms with E-state index in [1.54, 1.807) is 9.80 Å². The van der Waals surface area contributed by atoms with E-state index in [-0.39, 0.29) is 30.1 Å². The van der Waals surface area contributed by atoms with Crippen LogP contribution < -0.4 is 0 Å². The van der Waals surface area contributed by atoms with E-state index in [1.807, 2.05) is 31.2 Å². The zero-order valence-corrected chi connectivity index (χ0v) is 15.7. The van der Waals surface area contributed by atoms with Gasteiger partial charge in [-0.1, -0.05) is 36.2 Å². The number of carboxylic acid groups (broad SMARTS) is 1. The van der Waals surface area contributed by atoms with Crippen LogP contribution in [0.5, 0.6) is 0 Å². The highest BCUT2D eigenvalue weighted by Gasteiger charge is 2.56. The van der Waals surface area contributed by atoms with E-state index in [4.69, 9.17) is 0 Å². The highest BCUT2D eigenvalue weighted by atomic mass is 16.4. The van der Waals surface area contributed by atoms with Crippen molar-refractivity contribution in [1.29, 1.82) is 0 Å². The SMILES string of the molecule is Cc1ccc(CN2CC(C(=O)N3C[C@@H]4CCC[C@@]4(C(=O)O)C3)CC2=O)cc1. The molecule has 1 saturated carbocycles. The van der Waals surface area contributed by atoms with Gasteiger partial charge < -0.3 is 14.9 Å². The average Bonchev–Trinajstić information content (AvgIpc) is 3.29. The minimum Gasteiger partial charge on any atom is -0.481 e. The van der Waals surface area contributed by atoms with E-state index >= 15 is 0 Å². The quantitative estimate of drug-likeness (QED) is 0.880. The molecule has 27 heavy (non-hydrogen) atoms. The van der Waals surface area contributed by atoms with Crippen molar-refractivity contribution in [3.63, 3.8) is 0 Å². The summed E-state index contributed by atoms with van der Waals surface area (Å²) >= 11 is 0. The number of aliphatic carboxylic acids is 1. The maximum absolute atomic E-state index is 13.0. The summed E-state index contributed by atoms with van der Waals surface area (Å²) < 4.78 is 0. The van der Waals surface area contributed by atoms with Crippen molar-refractivity contribution < 1.29 is 19.5 Å². The predicted molar refractivity (Wildman–Crippen MR) is 98.7 cm³/mol. The number of likely N-dealkylation sites (tertiary alicyclic amines) is 2. The Hall–Kier alpha value is -2.37. The van der Waals surface area contributed by atoms with Crippen LogP contribution in [-0.2, 0) is 20.9 Å². The molecule has 6 nitrogen and oxygen atoms in total. The Morgan fingerprint density at radius 2 is 1.96 bits per heavy atom. The molecule has 3 atom stereocenters. The fourth-order valence-corrected chi connectivity index (χ4v) is 5.07. The summed E-state index contributed by atoms with van der Waals surface area (Å²) in [6.45, 7) is 3.79. The summed E-state index contributed by atoms with van der Waals surface area (Å²) in [5.41, 5.74) is 1.47. The molecule has 2 aliphatic heterocycles. The van der Waals surface area contributed by atoms with E-state index < -0.39 is 11.4 Å². The van der Waals surface area contributed by atoms with Crippen LogP contribution in [0.4, 0.5) is 0 Å². The van der Waals surface area contributed by atoms with Gasteiger partial charge in [-0.25, -0.2) is 0 Å². The Bertz CT molecular complexity index is 775. The van der Waals surface area contributed by atoms with Crippen molar-refractivity contribution in [1.82, 2.24) is 9.80 Å². The van der Waals surface area contributed by atoms with E-state index in [0.717, 1.165) is 18.4 Å². The van der Waals surface area contributed by atoms with Crippen LogP contribution in [0, 0.1) is 24.2 Å². The highest BCUT2D eigenvalue weighted by molar-refractivity contribution is 5.90. The molecule has 2 heterocycles.